The quantitative estimate of drug-likeness (QED) is 0.0969. The Bertz CT molecular complexity index is 2610. The molecule has 5 aromatic rings. The third-order valence-corrected chi connectivity index (χ3v) is 10.4. The van der Waals surface area contributed by atoms with Gasteiger partial charge >= 0.3 is 6.18 Å². The molecule has 11 nitrogen and oxygen atoms in total. The first-order valence-electron chi connectivity index (χ1n) is 16.7. The van der Waals surface area contributed by atoms with Gasteiger partial charge in [-0.15, -0.1) is 0 Å². The van der Waals surface area contributed by atoms with Crippen LogP contribution in [0.3, 0.4) is 0 Å². The summed E-state index contributed by atoms with van der Waals surface area (Å²) in [5, 5.41) is 20.7. The van der Waals surface area contributed by atoms with E-state index in [2.05, 4.69) is 36.8 Å². The number of carbonyl (C=O) groups excluding carboxylic acids is 1. The van der Waals surface area contributed by atoms with E-state index in [1.165, 1.54) is 38.1 Å². The molecule has 56 heavy (non-hydrogen) atoms. The van der Waals surface area contributed by atoms with Gasteiger partial charge in [0, 0.05) is 34.6 Å². The molecule has 3 heterocycles. The van der Waals surface area contributed by atoms with Gasteiger partial charge in [-0.1, -0.05) is 23.6 Å². The van der Waals surface area contributed by atoms with Gasteiger partial charge in [-0.3, -0.25) is 14.6 Å². The van der Waals surface area contributed by atoms with Crippen LogP contribution in [0.2, 0.25) is 5.02 Å². The van der Waals surface area contributed by atoms with E-state index in [0.29, 0.717) is 6.07 Å². The summed E-state index contributed by atoms with van der Waals surface area (Å²) in [6.45, 7) is 2.73. The van der Waals surface area contributed by atoms with Crippen LogP contribution in [0.4, 0.5) is 36.6 Å². The Morgan fingerprint density at radius 2 is 1.80 bits per heavy atom. The lowest BCUT2D eigenvalue weighted by atomic mass is 9.84. The predicted molar refractivity (Wildman–Crippen MR) is 189 cm³/mol. The van der Waals surface area contributed by atoms with Gasteiger partial charge in [0.15, 0.2) is 11.5 Å². The number of aromatic nitrogens is 5. The van der Waals surface area contributed by atoms with Gasteiger partial charge in [-0.05, 0) is 74.4 Å². The fraction of sp³-hybridized carbons (Fsp3) is 0.333. The summed E-state index contributed by atoms with van der Waals surface area (Å²) in [4.78, 5) is 18.3. The van der Waals surface area contributed by atoms with E-state index in [0.717, 1.165) is 18.4 Å². The number of anilines is 1. The van der Waals surface area contributed by atoms with Crippen LogP contribution in [-0.2, 0) is 33.3 Å². The second-order valence-electron chi connectivity index (χ2n) is 14.3. The van der Waals surface area contributed by atoms with Crippen LogP contribution < -0.4 is 10.5 Å². The number of hydrogen-bond donors (Lipinski definition) is 4. The maximum absolute atomic E-state index is 16.0. The molecule has 7 rings (SSSR count). The van der Waals surface area contributed by atoms with E-state index in [-0.39, 0.29) is 60.9 Å². The highest BCUT2D eigenvalue weighted by atomic mass is 35.5. The number of fused-ring (bicyclic) bond motifs is 4. The van der Waals surface area contributed by atoms with Gasteiger partial charge in [-0.25, -0.2) is 26.9 Å². The normalized spacial score (nSPS) is 18.5. The van der Waals surface area contributed by atoms with Crippen molar-refractivity contribution in [2.24, 2.45) is 11.7 Å². The minimum atomic E-state index is -5.23. The molecule has 1 fully saturated rings. The average Bonchev–Trinajstić information content (AvgIpc) is 3.51. The Kier molecular flexibility index (Phi) is 9.21. The number of nitrogens with zero attached hydrogens (tertiary/aromatic N) is 4. The number of nitrogens with one attached hydrogen (secondary N) is 2. The van der Waals surface area contributed by atoms with Crippen molar-refractivity contribution in [3.05, 3.63) is 93.0 Å². The number of sulfonamides is 1. The lowest BCUT2D eigenvalue weighted by Gasteiger charge is -2.29. The van der Waals surface area contributed by atoms with Gasteiger partial charge < -0.3 is 10.8 Å². The number of primary amides is 1. The molecule has 1 unspecified atom stereocenters. The molecule has 0 saturated heterocycles. The largest absolute Gasteiger partial charge is 0.435 e. The highest BCUT2D eigenvalue weighted by Gasteiger charge is 2.69. The molecule has 3 aromatic heterocycles. The summed E-state index contributed by atoms with van der Waals surface area (Å²) in [5.41, 5.74) is 0.561. The molecular weight excluding hydrogens is 795 g/mol. The SMILES string of the molecule is CC(C)(O)C#Cc1ccc(-c2ccc(Cl)c3c(NS(C)(=O)=O)n[nH]c23)c([C@@H](Cc2cc(F)cc(F)c2)C(C(N)=O)n2nc(C(F)(F)F)c3c2C(F)(F)[C@@H]2C[C@H]32)n1. The number of aliphatic hydroxyl groups is 1. The lowest BCUT2D eigenvalue weighted by Crippen LogP contribution is -2.37. The van der Waals surface area contributed by atoms with Crippen LogP contribution in [0.1, 0.15) is 72.0 Å². The Labute approximate surface area is 318 Å². The number of nitrogens with two attached hydrogens (primary N) is 1. The molecule has 2 aliphatic carbocycles. The summed E-state index contributed by atoms with van der Waals surface area (Å²) >= 11 is 6.49. The number of benzene rings is 2. The molecule has 0 bridgehead atoms. The molecule has 0 radical (unpaired) electrons. The van der Waals surface area contributed by atoms with Crippen LogP contribution in [-0.4, -0.2) is 56.3 Å². The smallest absolute Gasteiger partial charge is 0.378 e. The number of pyridine rings is 1. The van der Waals surface area contributed by atoms with Gasteiger partial charge in [-0.2, -0.15) is 32.1 Å². The lowest BCUT2D eigenvalue weighted by molar-refractivity contribution is -0.142. The third-order valence-electron chi connectivity index (χ3n) is 9.49. The highest BCUT2D eigenvalue weighted by Crippen LogP contribution is 2.69. The fourth-order valence-electron chi connectivity index (χ4n) is 7.30. The van der Waals surface area contributed by atoms with E-state index in [1.807, 2.05) is 0 Å². The van der Waals surface area contributed by atoms with E-state index >= 15 is 8.78 Å². The maximum atomic E-state index is 16.0. The minimum Gasteiger partial charge on any atom is -0.378 e. The molecule has 2 aromatic carbocycles. The van der Waals surface area contributed by atoms with E-state index in [1.54, 1.807) is 0 Å². The summed E-state index contributed by atoms with van der Waals surface area (Å²) in [6, 6.07) is 5.67. The van der Waals surface area contributed by atoms with Gasteiger partial charge in [0.2, 0.25) is 15.9 Å². The second kappa shape index (κ2) is 13.2. The summed E-state index contributed by atoms with van der Waals surface area (Å²) in [5.74, 6) is -6.85. The molecule has 0 spiro atoms. The first-order chi connectivity index (χ1) is 25.9. The van der Waals surface area contributed by atoms with Crippen molar-refractivity contribution in [1.82, 2.24) is 25.0 Å². The van der Waals surface area contributed by atoms with Crippen molar-refractivity contribution in [3.8, 4) is 23.0 Å². The summed E-state index contributed by atoms with van der Waals surface area (Å²) in [7, 11) is -3.90. The van der Waals surface area contributed by atoms with Crippen molar-refractivity contribution in [3.63, 3.8) is 0 Å². The van der Waals surface area contributed by atoms with E-state index in [9.17, 15) is 40.3 Å². The Morgan fingerprint density at radius 1 is 1.14 bits per heavy atom. The van der Waals surface area contributed by atoms with Crippen LogP contribution in [0, 0.1) is 29.4 Å². The molecule has 0 aliphatic heterocycles. The average molecular weight is 824 g/mol. The topological polar surface area (TPSA) is 169 Å². The Balaban J connectivity index is 1.55. The van der Waals surface area contributed by atoms with E-state index in [4.69, 9.17) is 17.3 Å². The van der Waals surface area contributed by atoms with Crippen molar-refractivity contribution in [2.75, 3.05) is 11.0 Å². The number of H-pyrrole nitrogens is 1. The third kappa shape index (κ3) is 7.16. The standard InChI is InChI=1S/C36H29ClF7N7O4S/c1-34(2,53)9-8-18-4-5-19(20-6-7-24(37)26-28(20)47-48-33(26)50-56(3,54)55)27(46-18)22(12-15-10-16(38)13-17(39)11-15)29(32(45)52)51-31-25(30(49-51)36(42,43)44)21-14-23(21)35(31,40)41/h4-7,10-11,13,21-23,29,53H,12,14H2,1-3H3,(H2,45,52)(H2,47,48,50)/t21-,22+,23+,29?/m0/s1. The number of amides is 1. The number of halogens is 8. The number of aromatic amines is 1. The number of carbonyl (C=O) groups is 1. The molecule has 294 valence electrons. The molecule has 4 atom stereocenters. The molecule has 1 amide bonds. The molecule has 1 saturated carbocycles. The van der Waals surface area contributed by atoms with Crippen LogP contribution in [0.15, 0.2) is 42.5 Å². The number of alkyl halides is 5. The van der Waals surface area contributed by atoms with Crippen molar-refractivity contribution < 1.29 is 49.1 Å². The van der Waals surface area contributed by atoms with Crippen molar-refractivity contribution in [1.29, 1.82) is 0 Å². The molecular formula is C36H29ClF7N7O4S. The van der Waals surface area contributed by atoms with Crippen LogP contribution in [0.25, 0.3) is 22.0 Å². The summed E-state index contributed by atoms with van der Waals surface area (Å²) < 4.78 is 132. The van der Waals surface area contributed by atoms with Crippen LogP contribution in [0.5, 0.6) is 0 Å². The van der Waals surface area contributed by atoms with Crippen LogP contribution >= 0.6 is 11.6 Å². The monoisotopic (exact) mass is 823 g/mol. The minimum absolute atomic E-state index is 0.0141. The molecule has 20 heteroatoms. The second-order valence-corrected chi connectivity index (χ2v) is 16.4. The van der Waals surface area contributed by atoms with Gasteiger partial charge in [0.25, 0.3) is 5.92 Å². The molecule has 2 aliphatic rings. The first kappa shape index (κ1) is 39.1. The fourth-order valence-corrected chi connectivity index (χ4v) is 8.05. The van der Waals surface area contributed by atoms with Gasteiger partial charge in [0.1, 0.15) is 34.7 Å². The zero-order chi connectivity index (χ0) is 40.9. The number of rotatable bonds is 9. The first-order valence-corrected chi connectivity index (χ1v) is 18.9. The zero-order valence-corrected chi connectivity index (χ0v) is 30.8. The molecule has 5 N–H and O–H groups in total. The van der Waals surface area contributed by atoms with E-state index < -0.39 is 92.4 Å². The van der Waals surface area contributed by atoms with Crippen molar-refractivity contribution >= 4 is 44.3 Å². The predicted octanol–water partition coefficient (Wildman–Crippen LogP) is 6.53. The summed E-state index contributed by atoms with van der Waals surface area (Å²) in [6.07, 6.45) is -5.24. The Hall–Kier alpha value is -5.19. The zero-order valence-electron chi connectivity index (χ0n) is 29.2. The van der Waals surface area contributed by atoms with Crippen molar-refractivity contribution in [2.45, 2.75) is 62.3 Å². The van der Waals surface area contributed by atoms with Gasteiger partial charge in [0.05, 0.1) is 27.9 Å². The highest BCUT2D eigenvalue weighted by molar-refractivity contribution is 7.92. The Morgan fingerprint density at radius 3 is 2.41 bits per heavy atom. The maximum Gasteiger partial charge on any atom is 0.435 e. The number of hydrogen-bond acceptors (Lipinski definition) is 7.